The largest absolute Gasteiger partial charge is 0.465 e. The molecule has 0 atom stereocenters. The molecule has 0 fully saturated rings. The van der Waals surface area contributed by atoms with Crippen molar-refractivity contribution in [1.82, 2.24) is 0 Å². The minimum absolute atomic E-state index is 0.0182. The molecule has 0 aromatic heterocycles. The zero-order valence-electron chi connectivity index (χ0n) is 10.2. The maximum Gasteiger partial charge on any atom is 0.417 e. The molecule has 0 aliphatic heterocycles. The van der Waals surface area contributed by atoms with Gasteiger partial charge in [0.25, 0.3) is 0 Å². The summed E-state index contributed by atoms with van der Waals surface area (Å²) in [5.74, 6) is -2.25. The lowest BCUT2D eigenvalue weighted by atomic mass is 10.0. The van der Waals surface area contributed by atoms with E-state index in [1.54, 1.807) is 0 Å². The molecule has 0 aliphatic rings. The van der Waals surface area contributed by atoms with Crippen molar-refractivity contribution < 1.29 is 32.2 Å². The lowest BCUT2D eigenvalue weighted by Gasteiger charge is -2.14. The van der Waals surface area contributed by atoms with Crippen LogP contribution in [0.5, 0.6) is 0 Å². The van der Waals surface area contributed by atoms with Crippen LogP contribution in [0.1, 0.15) is 33.2 Å². The van der Waals surface area contributed by atoms with Crippen molar-refractivity contribution in [2.24, 2.45) is 0 Å². The number of methoxy groups -OCH3 is 1. The Morgan fingerprint density at radius 1 is 1.21 bits per heavy atom. The lowest BCUT2D eigenvalue weighted by molar-refractivity contribution is -0.138. The summed E-state index contributed by atoms with van der Waals surface area (Å²) in [4.78, 5) is 23.0. The van der Waals surface area contributed by atoms with Gasteiger partial charge in [0, 0.05) is 0 Å². The van der Waals surface area contributed by atoms with Gasteiger partial charge in [-0.2, -0.15) is 13.2 Å². The van der Waals surface area contributed by atoms with Gasteiger partial charge in [-0.1, -0.05) is 6.07 Å². The van der Waals surface area contributed by atoms with Gasteiger partial charge >= 0.3 is 18.1 Å². The number of alkyl halides is 3. The lowest BCUT2D eigenvalue weighted by Crippen LogP contribution is -2.19. The van der Waals surface area contributed by atoms with Crippen molar-refractivity contribution in [3.63, 3.8) is 0 Å². The standard InChI is InChI=1S/C12H11F3O4/c1-3-19-10(16)7-5-4-6-8(12(13,14)15)9(7)11(17)18-2/h4-6H,3H2,1-2H3. The molecule has 1 aromatic rings. The van der Waals surface area contributed by atoms with E-state index in [4.69, 9.17) is 0 Å². The number of hydrogen-bond donors (Lipinski definition) is 0. The highest BCUT2D eigenvalue weighted by Crippen LogP contribution is 2.34. The van der Waals surface area contributed by atoms with Gasteiger partial charge in [0.05, 0.1) is 30.4 Å². The van der Waals surface area contributed by atoms with Crippen LogP contribution < -0.4 is 0 Å². The van der Waals surface area contributed by atoms with Gasteiger partial charge in [-0.15, -0.1) is 0 Å². The summed E-state index contributed by atoms with van der Waals surface area (Å²) in [6.45, 7) is 1.49. The van der Waals surface area contributed by atoms with Crippen molar-refractivity contribution in [3.05, 3.63) is 34.9 Å². The third kappa shape index (κ3) is 3.24. The van der Waals surface area contributed by atoms with Gasteiger partial charge < -0.3 is 9.47 Å². The van der Waals surface area contributed by atoms with Gasteiger partial charge in [0.15, 0.2) is 0 Å². The number of esters is 2. The molecule has 19 heavy (non-hydrogen) atoms. The maximum atomic E-state index is 12.8. The fourth-order valence-electron chi connectivity index (χ4n) is 1.49. The van der Waals surface area contributed by atoms with E-state index >= 15 is 0 Å². The fourth-order valence-corrected chi connectivity index (χ4v) is 1.49. The van der Waals surface area contributed by atoms with E-state index in [2.05, 4.69) is 9.47 Å². The van der Waals surface area contributed by atoms with Crippen LogP contribution in [0.15, 0.2) is 18.2 Å². The Labute approximate surface area is 107 Å². The molecule has 0 amide bonds. The Bertz CT molecular complexity index is 494. The number of halogens is 3. The molecule has 4 nitrogen and oxygen atoms in total. The molecule has 1 aromatic carbocycles. The molecule has 0 saturated carbocycles. The van der Waals surface area contributed by atoms with Crippen LogP contribution in [0, 0.1) is 0 Å². The topological polar surface area (TPSA) is 52.6 Å². The van der Waals surface area contributed by atoms with E-state index < -0.39 is 34.8 Å². The van der Waals surface area contributed by atoms with Crippen LogP contribution in [0.2, 0.25) is 0 Å². The van der Waals surface area contributed by atoms with Crippen molar-refractivity contribution in [3.8, 4) is 0 Å². The predicted molar refractivity (Wildman–Crippen MR) is 58.7 cm³/mol. The summed E-state index contributed by atoms with van der Waals surface area (Å²) in [6.07, 6.45) is -4.77. The quantitative estimate of drug-likeness (QED) is 0.796. The van der Waals surface area contributed by atoms with Gasteiger partial charge in [0.2, 0.25) is 0 Å². The molecule has 0 N–H and O–H groups in total. The molecule has 0 heterocycles. The molecule has 0 spiro atoms. The number of benzene rings is 1. The minimum Gasteiger partial charge on any atom is -0.465 e. The van der Waals surface area contributed by atoms with E-state index in [1.807, 2.05) is 0 Å². The smallest absolute Gasteiger partial charge is 0.417 e. The normalized spacial score (nSPS) is 11.0. The third-order valence-corrected chi connectivity index (χ3v) is 2.25. The van der Waals surface area contributed by atoms with Crippen molar-refractivity contribution in [1.29, 1.82) is 0 Å². The highest BCUT2D eigenvalue weighted by atomic mass is 19.4. The number of ether oxygens (including phenoxy) is 2. The average Bonchev–Trinajstić information content (AvgIpc) is 2.36. The van der Waals surface area contributed by atoms with Gasteiger partial charge in [-0.25, -0.2) is 9.59 Å². The van der Waals surface area contributed by atoms with Crippen molar-refractivity contribution in [2.45, 2.75) is 13.1 Å². The molecule has 0 saturated heterocycles. The summed E-state index contributed by atoms with van der Waals surface area (Å²) in [5, 5.41) is 0. The van der Waals surface area contributed by atoms with Gasteiger partial charge in [-0.05, 0) is 19.1 Å². The first-order valence-electron chi connectivity index (χ1n) is 5.28. The van der Waals surface area contributed by atoms with E-state index in [0.29, 0.717) is 6.07 Å². The number of hydrogen-bond acceptors (Lipinski definition) is 4. The zero-order chi connectivity index (χ0) is 14.6. The van der Waals surface area contributed by atoms with Crippen molar-refractivity contribution in [2.75, 3.05) is 13.7 Å². The van der Waals surface area contributed by atoms with Crippen molar-refractivity contribution >= 4 is 11.9 Å². The van der Waals surface area contributed by atoms with E-state index in [-0.39, 0.29) is 6.61 Å². The van der Waals surface area contributed by atoms with E-state index in [9.17, 15) is 22.8 Å². The summed E-state index contributed by atoms with van der Waals surface area (Å²) in [7, 11) is 0.935. The Morgan fingerprint density at radius 2 is 1.84 bits per heavy atom. The van der Waals surface area contributed by atoms with Crippen LogP contribution >= 0.6 is 0 Å². The van der Waals surface area contributed by atoms with Gasteiger partial charge in [-0.3, -0.25) is 0 Å². The average molecular weight is 276 g/mol. The van der Waals surface area contributed by atoms with Gasteiger partial charge in [0.1, 0.15) is 0 Å². The second-order valence-corrected chi connectivity index (χ2v) is 3.44. The highest BCUT2D eigenvalue weighted by molar-refractivity contribution is 6.04. The molecule has 104 valence electrons. The molecule has 0 radical (unpaired) electrons. The fraction of sp³-hybridized carbons (Fsp3) is 0.333. The Hall–Kier alpha value is -2.05. The first-order chi connectivity index (χ1) is 8.82. The molecule has 0 unspecified atom stereocenters. The third-order valence-electron chi connectivity index (χ3n) is 2.25. The number of carbonyl (C=O) groups excluding carboxylic acids is 2. The van der Waals surface area contributed by atoms with E-state index in [1.165, 1.54) is 6.92 Å². The number of carbonyl (C=O) groups is 2. The molecule has 0 bridgehead atoms. The summed E-state index contributed by atoms with van der Waals surface area (Å²) >= 11 is 0. The van der Waals surface area contributed by atoms with Crippen LogP contribution in [0.3, 0.4) is 0 Å². The number of rotatable bonds is 3. The second-order valence-electron chi connectivity index (χ2n) is 3.44. The monoisotopic (exact) mass is 276 g/mol. The minimum atomic E-state index is -4.77. The second kappa shape index (κ2) is 5.73. The summed E-state index contributed by atoms with van der Waals surface area (Å²) in [6, 6.07) is 2.82. The van der Waals surface area contributed by atoms with Crippen LogP contribution in [0.4, 0.5) is 13.2 Å². The molecule has 7 heteroatoms. The van der Waals surface area contributed by atoms with Crippen LogP contribution in [-0.2, 0) is 15.7 Å². The molecular weight excluding hydrogens is 265 g/mol. The molecular formula is C12H11F3O4. The maximum absolute atomic E-state index is 12.8. The zero-order valence-corrected chi connectivity index (χ0v) is 10.2. The summed E-state index contributed by atoms with van der Waals surface area (Å²) < 4.78 is 47.4. The predicted octanol–water partition coefficient (Wildman–Crippen LogP) is 2.67. The van der Waals surface area contributed by atoms with Crippen LogP contribution in [-0.4, -0.2) is 25.7 Å². The SMILES string of the molecule is CCOC(=O)c1cccc(C(F)(F)F)c1C(=O)OC. The highest BCUT2D eigenvalue weighted by Gasteiger charge is 2.38. The molecule has 0 aliphatic carbocycles. The first kappa shape index (κ1) is 15.0. The van der Waals surface area contributed by atoms with E-state index in [0.717, 1.165) is 19.2 Å². The summed E-state index contributed by atoms with van der Waals surface area (Å²) in [5.41, 5.74) is -2.54. The Morgan fingerprint density at radius 3 is 2.32 bits per heavy atom. The Balaban J connectivity index is 3.48. The molecule has 1 rings (SSSR count). The Kier molecular flexibility index (Phi) is 4.52. The first-order valence-corrected chi connectivity index (χ1v) is 5.28. The van der Waals surface area contributed by atoms with Crippen LogP contribution in [0.25, 0.3) is 0 Å².